The summed E-state index contributed by atoms with van der Waals surface area (Å²) in [4.78, 5) is 38.1. The Kier molecular flexibility index (Phi) is 62.8. The summed E-state index contributed by atoms with van der Waals surface area (Å²) in [5, 5.41) is 0. The Bertz CT molecular complexity index is 1640. The van der Waals surface area contributed by atoms with E-state index in [4.69, 9.17) is 14.2 Å². The Morgan fingerprint density at radius 3 is 0.797 bits per heavy atom. The highest BCUT2D eigenvalue weighted by atomic mass is 16.6. The molecule has 0 bridgehead atoms. The number of hydrogen-bond acceptors (Lipinski definition) is 6. The Morgan fingerprint density at radius 2 is 0.494 bits per heavy atom. The maximum absolute atomic E-state index is 12.9. The second-order valence-corrected chi connectivity index (χ2v) is 21.6. The lowest BCUT2D eigenvalue weighted by Crippen LogP contribution is -2.30. The molecule has 0 N–H and O–H groups in total. The normalized spacial score (nSPS) is 12.9. The number of hydrogen-bond donors (Lipinski definition) is 0. The molecule has 0 aromatic carbocycles. The van der Waals surface area contributed by atoms with Crippen molar-refractivity contribution in [1.29, 1.82) is 0 Å². The highest BCUT2D eigenvalue weighted by molar-refractivity contribution is 5.71. The van der Waals surface area contributed by atoms with Gasteiger partial charge in [0.1, 0.15) is 13.2 Å². The highest BCUT2D eigenvalue weighted by Gasteiger charge is 2.19. The van der Waals surface area contributed by atoms with Gasteiger partial charge in [0.05, 0.1) is 0 Å². The van der Waals surface area contributed by atoms with Gasteiger partial charge >= 0.3 is 17.9 Å². The van der Waals surface area contributed by atoms with Crippen LogP contribution in [0.25, 0.3) is 0 Å². The number of allylic oxidation sites excluding steroid dienone is 20. The molecule has 0 fully saturated rings. The Hall–Kier alpha value is -4.19. The average Bonchev–Trinajstić information content (AvgIpc) is 3.45. The number of carbonyl (C=O) groups is 3. The lowest BCUT2D eigenvalue weighted by molar-refractivity contribution is -0.167. The van der Waals surface area contributed by atoms with Crippen LogP contribution in [0.5, 0.6) is 0 Å². The molecule has 6 nitrogen and oxygen atoms in total. The first-order chi connectivity index (χ1) is 39.0. The van der Waals surface area contributed by atoms with Crippen LogP contribution < -0.4 is 0 Å². The monoisotopic (exact) mass is 1090 g/mol. The molecule has 0 radical (unpaired) electrons. The molecule has 0 heterocycles. The molecular weight excluding hydrogens is 973 g/mol. The van der Waals surface area contributed by atoms with Crippen LogP contribution in [0.3, 0.4) is 0 Å². The SMILES string of the molecule is CC/C=C\C/C=C\C/C=C\C/C=C\C/C=C\C/C=C\C/C=C\C/C=C\CCCCC(=O)OCC(COC(=O)CCCCCCCCC)OC(=O)CCCCCCCCCCCCCCCCC/C=C\C/C=C\CCCCCCC. The van der Waals surface area contributed by atoms with Crippen LogP contribution in [0.4, 0.5) is 0 Å². The van der Waals surface area contributed by atoms with Crippen LogP contribution in [-0.4, -0.2) is 37.2 Å². The predicted octanol–water partition coefficient (Wildman–Crippen LogP) is 22.8. The second kappa shape index (κ2) is 66.3. The van der Waals surface area contributed by atoms with Crippen molar-refractivity contribution in [2.24, 2.45) is 0 Å². The molecule has 0 aliphatic heterocycles. The molecule has 0 aromatic heterocycles. The van der Waals surface area contributed by atoms with Gasteiger partial charge < -0.3 is 14.2 Å². The summed E-state index contributed by atoms with van der Waals surface area (Å²) in [6.07, 6.45) is 92.4. The molecule has 0 spiro atoms. The third-order valence-electron chi connectivity index (χ3n) is 14.0. The minimum atomic E-state index is -0.797. The van der Waals surface area contributed by atoms with Crippen molar-refractivity contribution in [2.45, 2.75) is 309 Å². The van der Waals surface area contributed by atoms with E-state index in [0.29, 0.717) is 19.3 Å². The molecule has 0 saturated carbocycles. The third kappa shape index (κ3) is 64.5. The number of unbranched alkanes of at least 4 members (excludes halogenated alkanes) is 28. The minimum Gasteiger partial charge on any atom is -0.462 e. The molecular formula is C73H122O6. The summed E-state index contributed by atoms with van der Waals surface area (Å²) >= 11 is 0. The molecule has 1 atom stereocenters. The van der Waals surface area contributed by atoms with E-state index in [1.807, 2.05) is 0 Å². The Morgan fingerprint density at radius 1 is 0.266 bits per heavy atom. The van der Waals surface area contributed by atoms with Crippen LogP contribution >= 0.6 is 0 Å². The zero-order valence-electron chi connectivity index (χ0n) is 51.6. The predicted molar refractivity (Wildman–Crippen MR) is 343 cm³/mol. The lowest BCUT2D eigenvalue weighted by Gasteiger charge is -2.18. The Balaban J connectivity index is 4.21. The molecule has 0 rings (SSSR count). The van der Waals surface area contributed by atoms with Gasteiger partial charge in [-0.2, -0.15) is 0 Å². The Labute approximate surface area is 488 Å². The summed E-state index contributed by atoms with van der Waals surface area (Å²) in [7, 11) is 0. The van der Waals surface area contributed by atoms with E-state index in [2.05, 4.69) is 142 Å². The zero-order chi connectivity index (χ0) is 57.1. The molecule has 450 valence electrons. The first kappa shape index (κ1) is 74.8. The van der Waals surface area contributed by atoms with E-state index in [0.717, 1.165) is 116 Å². The number of carbonyl (C=O) groups excluding carboxylic acids is 3. The van der Waals surface area contributed by atoms with Gasteiger partial charge in [0.25, 0.3) is 0 Å². The molecule has 79 heavy (non-hydrogen) atoms. The summed E-state index contributed by atoms with van der Waals surface area (Å²) in [6.45, 7) is 6.45. The summed E-state index contributed by atoms with van der Waals surface area (Å²) in [6, 6.07) is 0. The minimum absolute atomic E-state index is 0.0923. The van der Waals surface area contributed by atoms with E-state index in [1.165, 1.54) is 148 Å². The lowest BCUT2D eigenvalue weighted by atomic mass is 10.0. The summed E-state index contributed by atoms with van der Waals surface area (Å²) < 4.78 is 16.8. The van der Waals surface area contributed by atoms with Crippen LogP contribution in [0.2, 0.25) is 0 Å². The van der Waals surface area contributed by atoms with E-state index in [-0.39, 0.29) is 31.1 Å². The number of rotatable bonds is 59. The van der Waals surface area contributed by atoms with Crippen LogP contribution in [-0.2, 0) is 28.6 Å². The topological polar surface area (TPSA) is 78.9 Å². The molecule has 0 amide bonds. The van der Waals surface area contributed by atoms with Crippen molar-refractivity contribution in [3.8, 4) is 0 Å². The fourth-order valence-corrected chi connectivity index (χ4v) is 9.02. The van der Waals surface area contributed by atoms with E-state index >= 15 is 0 Å². The molecule has 0 saturated heterocycles. The van der Waals surface area contributed by atoms with Gasteiger partial charge in [0.15, 0.2) is 6.10 Å². The zero-order valence-corrected chi connectivity index (χ0v) is 51.6. The van der Waals surface area contributed by atoms with Crippen molar-refractivity contribution in [1.82, 2.24) is 0 Å². The first-order valence-corrected chi connectivity index (χ1v) is 33.0. The van der Waals surface area contributed by atoms with Gasteiger partial charge in [0.2, 0.25) is 0 Å². The standard InChI is InChI=1S/C73H122O6/c1-4-7-10-13-16-18-20-22-24-26-28-30-32-34-36-38-40-42-44-46-48-50-52-54-57-60-63-66-72(75)78-69-70(68-77-71(74)65-62-59-56-15-12-9-6-3)79-73(76)67-64-61-58-55-53-51-49-47-45-43-41-39-37-35-33-31-29-27-25-23-21-19-17-14-11-8-5-2/h7,10,16,18,21-24,27-30,34,36,40,42,46,48,52,54,70H,4-6,8-9,11-15,17,19-20,25-26,31-33,35,37-39,41,43-45,47,49-51,53,55-69H2,1-3H3/b10-7-,18-16-,23-21-,24-22-,29-27-,30-28-,36-34-,42-40-,48-46-,54-52-. The highest BCUT2D eigenvalue weighted by Crippen LogP contribution is 2.16. The van der Waals surface area contributed by atoms with Gasteiger partial charge in [0, 0.05) is 19.3 Å². The molecule has 0 aromatic rings. The smallest absolute Gasteiger partial charge is 0.306 e. The van der Waals surface area contributed by atoms with E-state index in [1.54, 1.807) is 0 Å². The molecule has 0 aliphatic carbocycles. The van der Waals surface area contributed by atoms with Gasteiger partial charge in [-0.05, 0) is 116 Å². The van der Waals surface area contributed by atoms with Crippen molar-refractivity contribution >= 4 is 17.9 Å². The molecule has 0 aliphatic rings. The fourth-order valence-electron chi connectivity index (χ4n) is 9.02. The maximum atomic E-state index is 12.9. The maximum Gasteiger partial charge on any atom is 0.306 e. The molecule has 1 unspecified atom stereocenters. The first-order valence-electron chi connectivity index (χ1n) is 33.0. The van der Waals surface area contributed by atoms with Gasteiger partial charge in [-0.1, -0.05) is 290 Å². The van der Waals surface area contributed by atoms with Crippen molar-refractivity contribution in [3.05, 3.63) is 122 Å². The largest absolute Gasteiger partial charge is 0.462 e. The van der Waals surface area contributed by atoms with Gasteiger partial charge in [-0.15, -0.1) is 0 Å². The fraction of sp³-hybridized carbons (Fsp3) is 0.685. The second-order valence-electron chi connectivity index (χ2n) is 21.6. The quantitative estimate of drug-likeness (QED) is 0.0261. The number of esters is 3. The van der Waals surface area contributed by atoms with Crippen LogP contribution in [0.15, 0.2) is 122 Å². The summed E-state index contributed by atoms with van der Waals surface area (Å²) in [5.41, 5.74) is 0. The molecule has 6 heteroatoms. The van der Waals surface area contributed by atoms with Crippen LogP contribution in [0.1, 0.15) is 303 Å². The van der Waals surface area contributed by atoms with Crippen molar-refractivity contribution < 1.29 is 28.6 Å². The van der Waals surface area contributed by atoms with Crippen molar-refractivity contribution in [3.63, 3.8) is 0 Å². The van der Waals surface area contributed by atoms with Crippen molar-refractivity contribution in [2.75, 3.05) is 13.2 Å². The number of ether oxygens (including phenoxy) is 3. The van der Waals surface area contributed by atoms with E-state index in [9.17, 15) is 14.4 Å². The van der Waals surface area contributed by atoms with Gasteiger partial charge in [-0.3, -0.25) is 14.4 Å². The van der Waals surface area contributed by atoms with Gasteiger partial charge in [-0.25, -0.2) is 0 Å². The average molecular weight is 1100 g/mol. The van der Waals surface area contributed by atoms with Crippen LogP contribution in [0, 0.1) is 0 Å². The summed E-state index contributed by atoms with van der Waals surface area (Å²) in [5.74, 6) is -0.940. The van der Waals surface area contributed by atoms with E-state index < -0.39 is 6.10 Å². The third-order valence-corrected chi connectivity index (χ3v) is 14.0.